The molecule has 0 aliphatic rings. The van der Waals surface area contributed by atoms with Crippen molar-refractivity contribution < 1.29 is 22.7 Å². The molecule has 2 aromatic heterocycles. The lowest BCUT2D eigenvalue weighted by Gasteiger charge is -2.11. The van der Waals surface area contributed by atoms with Crippen LogP contribution >= 0.6 is 0 Å². The third-order valence-electron chi connectivity index (χ3n) is 5.19. The fourth-order valence-corrected chi connectivity index (χ4v) is 3.40. The summed E-state index contributed by atoms with van der Waals surface area (Å²) in [5, 5.41) is 2.69. The smallest absolute Gasteiger partial charge is 0.433 e. The van der Waals surface area contributed by atoms with Gasteiger partial charge < -0.3 is 10.1 Å². The van der Waals surface area contributed by atoms with E-state index in [4.69, 9.17) is 9.72 Å². The monoisotopic (exact) mass is 463 g/mol. The molecule has 5 nitrogen and oxygen atoms in total. The number of rotatable bonds is 5. The molecule has 0 aliphatic heterocycles. The minimum Gasteiger partial charge on any atom is -0.497 e. The number of alkyl halides is 3. The van der Waals surface area contributed by atoms with Crippen molar-refractivity contribution >= 4 is 11.6 Å². The lowest BCUT2D eigenvalue weighted by Crippen LogP contribution is -2.16. The van der Waals surface area contributed by atoms with E-state index < -0.39 is 17.8 Å². The van der Waals surface area contributed by atoms with Crippen LogP contribution in [0.2, 0.25) is 0 Å². The number of nitrogens with one attached hydrogen (secondary N) is 1. The van der Waals surface area contributed by atoms with E-state index in [1.807, 2.05) is 54.6 Å². The van der Waals surface area contributed by atoms with Gasteiger partial charge in [-0.05, 0) is 67.6 Å². The van der Waals surface area contributed by atoms with Crippen LogP contribution in [0.4, 0.5) is 18.9 Å². The summed E-state index contributed by atoms with van der Waals surface area (Å²) in [6.07, 6.45) is -4.56. The van der Waals surface area contributed by atoms with E-state index in [0.717, 1.165) is 40.4 Å². The average Bonchev–Trinajstić information content (AvgIpc) is 2.84. The molecule has 0 saturated heterocycles. The zero-order chi connectivity index (χ0) is 24.3. The van der Waals surface area contributed by atoms with Crippen LogP contribution in [0.15, 0.2) is 78.9 Å². The second-order valence-corrected chi connectivity index (χ2v) is 7.50. The summed E-state index contributed by atoms with van der Waals surface area (Å²) in [6, 6.07) is 22.3. The Hall–Kier alpha value is -4.20. The van der Waals surface area contributed by atoms with Gasteiger partial charge >= 0.3 is 6.18 Å². The zero-order valence-electron chi connectivity index (χ0n) is 18.4. The van der Waals surface area contributed by atoms with Crippen LogP contribution in [0.3, 0.4) is 0 Å². The molecule has 0 unspecified atom stereocenters. The van der Waals surface area contributed by atoms with Crippen LogP contribution in [0.25, 0.3) is 22.5 Å². The van der Waals surface area contributed by atoms with Crippen LogP contribution < -0.4 is 10.1 Å². The Morgan fingerprint density at radius 3 is 1.94 bits per heavy atom. The van der Waals surface area contributed by atoms with Crippen molar-refractivity contribution in [3.63, 3.8) is 0 Å². The highest BCUT2D eigenvalue weighted by molar-refractivity contribution is 6.05. The van der Waals surface area contributed by atoms with Crippen LogP contribution in [-0.4, -0.2) is 23.0 Å². The van der Waals surface area contributed by atoms with Crippen molar-refractivity contribution in [1.82, 2.24) is 9.97 Å². The molecule has 172 valence electrons. The van der Waals surface area contributed by atoms with Crippen molar-refractivity contribution in [3.8, 4) is 28.3 Å². The molecule has 0 saturated carbocycles. The van der Waals surface area contributed by atoms with Gasteiger partial charge in [0.15, 0.2) is 0 Å². The number of aromatic nitrogens is 2. The van der Waals surface area contributed by atoms with Gasteiger partial charge in [-0.15, -0.1) is 0 Å². The van der Waals surface area contributed by atoms with Crippen LogP contribution in [0.1, 0.15) is 21.7 Å². The number of ether oxygens (including phenoxy) is 1. The highest BCUT2D eigenvalue weighted by Gasteiger charge is 2.33. The second-order valence-electron chi connectivity index (χ2n) is 7.50. The predicted molar refractivity (Wildman–Crippen MR) is 124 cm³/mol. The molecule has 0 spiro atoms. The quantitative estimate of drug-likeness (QED) is 0.372. The van der Waals surface area contributed by atoms with Gasteiger partial charge in [0.1, 0.15) is 11.4 Å². The van der Waals surface area contributed by atoms with Gasteiger partial charge in [-0.25, -0.2) is 9.97 Å². The molecular formula is C26H20F3N3O2. The Morgan fingerprint density at radius 1 is 0.824 bits per heavy atom. The molecule has 0 atom stereocenters. The van der Waals surface area contributed by atoms with Gasteiger partial charge in [-0.1, -0.05) is 18.2 Å². The molecule has 8 heteroatoms. The summed E-state index contributed by atoms with van der Waals surface area (Å²) in [6.45, 7) is 1.37. The van der Waals surface area contributed by atoms with E-state index in [-0.39, 0.29) is 11.3 Å². The summed E-state index contributed by atoms with van der Waals surface area (Å²) < 4.78 is 43.6. The molecule has 0 aliphatic carbocycles. The Morgan fingerprint density at radius 2 is 1.41 bits per heavy atom. The van der Waals surface area contributed by atoms with Crippen LogP contribution in [0.5, 0.6) is 5.75 Å². The Kier molecular flexibility index (Phi) is 6.32. The normalized spacial score (nSPS) is 11.2. The number of methoxy groups -OCH3 is 1. The molecule has 4 rings (SSSR count). The van der Waals surface area contributed by atoms with E-state index in [2.05, 4.69) is 10.3 Å². The zero-order valence-corrected chi connectivity index (χ0v) is 18.4. The third-order valence-corrected chi connectivity index (χ3v) is 5.19. The highest BCUT2D eigenvalue weighted by atomic mass is 19.4. The van der Waals surface area contributed by atoms with Crippen molar-refractivity contribution in [2.24, 2.45) is 0 Å². The van der Waals surface area contributed by atoms with Crippen molar-refractivity contribution in [3.05, 3.63) is 95.8 Å². The van der Waals surface area contributed by atoms with Crippen LogP contribution in [0, 0.1) is 6.92 Å². The lowest BCUT2D eigenvalue weighted by molar-refractivity contribution is -0.141. The number of pyridine rings is 2. The fourth-order valence-electron chi connectivity index (χ4n) is 3.40. The first-order valence-corrected chi connectivity index (χ1v) is 10.3. The maximum atomic E-state index is 12.8. The molecule has 0 bridgehead atoms. The SMILES string of the molecule is COc1ccc(-c2cccc(-c3ccc(NC(=O)c4ccc(C(F)(F)F)nc4C)cc3)n2)cc1. The van der Waals surface area contributed by atoms with E-state index in [1.54, 1.807) is 19.2 Å². The first kappa shape index (κ1) is 23.0. The van der Waals surface area contributed by atoms with Gasteiger partial charge in [-0.3, -0.25) is 4.79 Å². The van der Waals surface area contributed by atoms with E-state index in [0.29, 0.717) is 5.69 Å². The maximum Gasteiger partial charge on any atom is 0.433 e. The second kappa shape index (κ2) is 9.35. The molecule has 1 amide bonds. The van der Waals surface area contributed by atoms with Gasteiger partial charge in [0, 0.05) is 16.8 Å². The van der Waals surface area contributed by atoms with Gasteiger partial charge in [0.25, 0.3) is 5.91 Å². The first-order chi connectivity index (χ1) is 16.2. The molecule has 0 fully saturated rings. The van der Waals surface area contributed by atoms with Gasteiger partial charge in [0.05, 0.1) is 29.8 Å². The molecule has 4 aromatic rings. The number of hydrogen-bond donors (Lipinski definition) is 1. The molecule has 0 radical (unpaired) electrons. The van der Waals surface area contributed by atoms with E-state index in [1.165, 1.54) is 6.92 Å². The molecular weight excluding hydrogens is 443 g/mol. The van der Waals surface area contributed by atoms with Gasteiger partial charge in [0.2, 0.25) is 0 Å². The number of hydrogen-bond acceptors (Lipinski definition) is 4. The number of nitrogens with zero attached hydrogens (tertiary/aromatic N) is 2. The summed E-state index contributed by atoms with van der Waals surface area (Å²) in [5.74, 6) is 0.228. The average molecular weight is 463 g/mol. The van der Waals surface area contributed by atoms with Crippen LogP contribution in [-0.2, 0) is 6.18 Å². The number of halogens is 3. The minimum absolute atomic E-state index is 0.00323. The number of amides is 1. The molecule has 2 heterocycles. The fraction of sp³-hybridized carbons (Fsp3) is 0.115. The minimum atomic E-state index is -4.56. The van der Waals surface area contributed by atoms with Crippen molar-refractivity contribution in [2.45, 2.75) is 13.1 Å². The third kappa shape index (κ3) is 5.06. The topological polar surface area (TPSA) is 64.1 Å². The molecule has 1 N–H and O–H groups in total. The summed E-state index contributed by atoms with van der Waals surface area (Å²) in [7, 11) is 1.61. The number of carbonyl (C=O) groups is 1. The van der Waals surface area contributed by atoms with Crippen molar-refractivity contribution in [2.75, 3.05) is 12.4 Å². The summed E-state index contributed by atoms with van der Waals surface area (Å²) >= 11 is 0. The Labute approximate surface area is 194 Å². The molecule has 34 heavy (non-hydrogen) atoms. The van der Waals surface area contributed by atoms with Crippen molar-refractivity contribution in [1.29, 1.82) is 0 Å². The maximum absolute atomic E-state index is 12.8. The lowest BCUT2D eigenvalue weighted by atomic mass is 10.1. The number of aryl methyl sites for hydroxylation is 1. The highest BCUT2D eigenvalue weighted by Crippen LogP contribution is 2.29. The van der Waals surface area contributed by atoms with E-state index >= 15 is 0 Å². The summed E-state index contributed by atoms with van der Waals surface area (Å²) in [4.78, 5) is 20.8. The molecule has 2 aromatic carbocycles. The number of carbonyl (C=O) groups excluding carboxylic acids is 1. The van der Waals surface area contributed by atoms with Gasteiger partial charge in [-0.2, -0.15) is 13.2 Å². The predicted octanol–water partition coefficient (Wildman–Crippen LogP) is 6.40. The Bertz CT molecular complexity index is 1320. The standard InChI is InChI=1S/C26H20F3N3O2/c1-16-21(14-15-24(30-16)26(27,28)29)25(33)31-19-10-6-17(7-11-19)22-4-3-5-23(32-22)18-8-12-20(34-2)13-9-18/h3-15H,1-2H3,(H,31,33). The Balaban J connectivity index is 1.50. The summed E-state index contributed by atoms with van der Waals surface area (Å²) in [5.41, 5.74) is 2.91. The number of anilines is 1. The number of benzene rings is 2. The largest absolute Gasteiger partial charge is 0.497 e. The first-order valence-electron chi connectivity index (χ1n) is 10.3. The van der Waals surface area contributed by atoms with E-state index in [9.17, 15) is 18.0 Å².